The Kier molecular flexibility index (Phi) is 4.49. The fourth-order valence-electron chi connectivity index (χ4n) is 2.82. The van der Waals surface area contributed by atoms with Gasteiger partial charge in [0.25, 0.3) is 10.5 Å². The van der Waals surface area contributed by atoms with Crippen molar-refractivity contribution in [3.63, 3.8) is 0 Å². The van der Waals surface area contributed by atoms with Crippen LogP contribution in [0.15, 0.2) is 48.5 Å². The van der Waals surface area contributed by atoms with Crippen molar-refractivity contribution in [3.8, 4) is 11.5 Å². The van der Waals surface area contributed by atoms with Gasteiger partial charge in [0, 0.05) is 6.54 Å². The van der Waals surface area contributed by atoms with E-state index in [1.807, 2.05) is 24.3 Å². The monoisotopic (exact) mass is 393 g/mol. The topological polar surface area (TPSA) is 38.8 Å². The van der Waals surface area contributed by atoms with Crippen LogP contribution in [-0.4, -0.2) is 29.6 Å². The molecule has 1 aliphatic heterocycles. The number of hydrogen-bond acceptors (Lipinski definition) is 3. The zero-order chi connectivity index (χ0) is 17.3. The SMILES string of the molecule is COc1ccc(CN2C(=O)[C@@](F)(Br)[C@H]2c2ccc(OC)cc2)cc1. The van der Waals surface area contributed by atoms with Crippen LogP contribution in [0, 0.1) is 0 Å². The second-order valence-corrected chi connectivity index (χ2v) is 6.73. The van der Waals surface area contributed by atoms with E-state index in [9.17, 15) is 9.18 Å². The highest BCUT2D eigenvalue weighted by atomic mass is 79.9. The number of β-lactam (4-membered cyclic amide) rings is 1. The summed E-state index contributed by atoms with van der Waals surface area (Å²) in [6, 6.07) is 13.7. The lowest BCUT2D eigenvalue weighted by atomic mass is 9.91. The van der Waals surface area contributed by atoms with Crippen molar-refractivity contribution >= 4 is 21.8 Å². The van der Waals surface area contributed by atoms with Crippen LogP contribution in [0.5, 0.6) is 11.5 Å². The van der Waals surface area contributed by atoms with Crippen LogP contribution in [0.2, 0.25) is 0 Å². The third kappa shape index (κ3) is 2.86. The van der Waals surface area contributed by atoms with E-state index in [0.717, 1.165) is 11.3 Å². The first-order valence-electron chi connectivity index (χ1n) is 7.43. The number of alkyl halides is 2. The molecule has 3 rings (SSSR count). The summed E-state index contributed by atoms with van der Waals surface area (Å²) in [5, 5.41) is 0. The minimum absolute atomic E-state index is 0.330. The van der Waals surface area contributed by atoms with Crippen molar-refractivity contribution < 1.29 is 18.7 Å². The number of methoxy groups -OCH3 is 2. The van der Waals surface area contributed by atoms with Crippen LogP contribution in [-0.2, 0) is 11.3 Å². The Hall–Kier alpha value is -2.08. The molecule has 2 atom stereocenters. The van der Waals surface area contributed by atoms with E-state index in [2.05, 4.69) is 15.9 Å². The maximum atomic E-state index is 14.7. The highest BCUT2D eigenvalue weighted by Gasteiger charge is 2.61. The van der Waals surface area contributed by atoms with Crippen molar-refractivity contribution in [1.29, 1.82) is 0 Å². The van der Waals surface area contributed by atoms with E-state index in [0.29, 0.717) is 17.9 Å². The summed E-state index contributed by atoms with van der Waals surface area (Å²) in [5.74, 6) is 0.852. The normalized spacial score (nSPS) is 22.9. The minimum atomic E-state index is -2.08. The fraction of sp³-hybridized carbons (Fsp3) is 0.278. The van der Waals surface area contributed by atoms with Gasteiger partial charge in [-0.25, -0.2) is 4.39 Å². The van der Waals surface area contributed by atoms with Gasteiger partial charge in [0.2, 0.25) is 0 Å². The molecule has 0 aromatic heterocycles. The summed E-state index contributed by atoms with van der Waals surface area (Å²) in [7, 11) is 3.16. The summed E-state index contributed by atoms with van der Waals surface area (Å²) < 4.78 is 22.8. The molecule has 2 aromatic carbocycles. The molecule has 0 saturated carbocycles. The molecule has 0 N–H and O–H groups in total. The van der Waals surface area contributed by atoms with Crippen molar-refractivity contribution in [1.82, 2.24) is 4.90 Å². The number of amides is 1. The molecule has 0 bridgehead atoms. The third-order valence-electron chi connectivity index (χ3n) is 4.14. The second-order valence-electron chi connectivity index (χ2n) is 5.58. The average Bonchev–Trinajstić information content (AvgIpc) is 2.61. The number of carbonyl (C=O) groups excluding carboxylic acids is 1. The fourth-order valence-corrected chi connectivity index (χ4v) is 3.56. The smallest absolute Gasteiger partial charge is 0.274 e. The lowest BCUT2D eigenvalue weighted by Crippen LogP contribution is -2.62. The largest absolute Gasteiger partial charge is 0.497 e. The van der Waals surface area contributed by atoms with Gasteiger partial charge in [-0.15, -0.1) is 0 Å². The Labute approximate surface area is 148 Å². The molecule has 126 valence electrons. The first kappa shape index (κ1) is 16.8. The van der Waals surface area contributed by atoms with E-state index in [4.69, 9.17) is 9.47 Å². The number of carbonyl (C=O) groups is 1. The van der Waals surface area contributed by atoms with Gasteiger partial charge < -0.3 is 14.4 Å². The number of likely N-dealkylation sites (tertiary alicyclic amines) is 1. The Bertz CT molecular complexity index is 731. The van der Waals surface area contributed by atoms with Gasteiger partial charge in [0.05, 0.1) is 14.2 Å². The van der Waals surface area contributed by atoms with Crippen molar-refractivity contribution in [2.75, 3.05) is 14.2 Å². The maximum absolute atomic E-state index is 14.7. The minimum Gasteiger partial charge on any atom is -0.497 e. The van der Waals surface area contributed by atoms with E-state index in [-0.39, 0.29) is 0 Å². The average molecular weight is 394 g/mol. The van der Waals surface area contributed by atoms with E-state index in [1.54, 1.807) is 38.5 Å². The van der Waals surface area contributed by atoms with Crippen LogP contribution in [0.3, 0.4) is 0 Å². The second kappa shape index (κ2) is 6.43. The van der Waals surface area contributed by atoms with Gasteiger partial charge in [0.1, 0.15) is 17.5 Å². The van der Waals surface area contributed by atoms with Crippen molar-refractivity contribution in [2.45, 2.75) is 17.2 Å². The van der Waals surface area contributed by atoms with Gasteiger partial charge in [-0.2, -0.15) is 0 Å². The Morgan fingerprint density at radius 2 is 1.54 bits per heavy atom. The van der Waals surface area contributed by atoms with Crippen LogP contribution >= 0.6 is 15.9 Å². The van der Waals surface area contributed by atoms with Crippen LogP contribution in [0.25, 0.3) is 0 Å². The van der Waals surface area contributed by atoms with Crippen LogP contribution in [0.4, 0.5) is 4.39 Å². The summed E-state index contributed by atoms with van der Waals surface area (Å²) in [5.41, 5.74) is 1.62. The summed E-state index contributed by atoms with van der Waals surface area (Å²) in [4.78, 5) is 13.7. The van der Waals surface area contributed by atoms with Crippen molar-refractivity contribution in [2.24, 2.45) is 0 Å². The predicted molar refractivity (Wildman–Crippen MR) is 92.0 cm³/mol. The quantitative estimate of drug-likeness (QED) is 0.571. The molecule has 2 aromatic rings. The van der Waals surface area contributed by atoms with Crippen LogP contribution in [0.1, 0.15) is 17.2 Å². The highest BCUT2D eigenvalue weighted by Crippen LogP contribution is 2.51. The van der Waals surface area contributed by atoms with Gasteiger partial charge >= 0.3 is 0 Å². The molecule has 0 aliphatic carbocycles. The first-order chi connectivity index (χ1) is 11.5. The molecule has 1 heterocycles. The molecule has 1 fully saturated rings. The summed E-state index contributed by atoms with van der Waals surface area (Å²) >= 11 is 2.94. The van der Waals surface area contributed by atoms with Gasteiger partial charge in [-0.05, 0) is 51.3 Å². The van der Waals surface area contributed by atoms with Crippen molar-refractivity contribution in [3.05, 3.63) is 59.7 Å². The maximum Gasteiger partial charge on any atom is 0.274 e. The molecule has 24 heavy (non-hydrogen) atoms. The standard InChI is InChI=1S/C18H17BrFNO3/c1-23-14-7-3-12(4-8-14)11-21-16(18(19,20)17(21)22)13-5-9-15(24-2)10-6-13/h3-10,16H,11H2,1-2H3/t16-,18-/m1/s1. The van der Waals surface area contributed by atoms with Gasteiger partial charge in [-0.1, -0.05) is 24.3 Å². The van der Waals surface area contributed by atoms with E-state index in [1.165, 1.54) is 4.90 Å². The molecule has 1 aliphatic rings. The number of rotatable bonds is 5. The highest BCUT2D eigenvalue weighted by molar-refractivity contribution is 9.10. The third-order valence-corrected chi connectivity index (χ3v) is 4.92. The summed E-state index contributed by atoms with van der Waals surface area (Å²) in [6.07, 6.45) is 0. The predicted octanol–water partition coefficient (Wildman–Crippen LogP) is 3.85. The summed E-state index contributed by atoms with van der Waals surface area (Å²) in [6.45, 7) is 0.330. The number of halogens is 2. The zero-order valence-electron chi connectivity index (χ0n) is 13.3. The van der Waals surface area contributed by atoms with E-state index < -0.39 is 16.5 Å². The Morgan fingerprint density at radius 3 is 2.04 bits per heavy atom. The Balaban J connectivity index is 1.83. The zero-order valence-corrected chi connectivity index (χ0v) is 14.9. The van der Waals surface area contributed by atoms with Gasteiger partial charge in [-0.3, -0.25) is 4.79 Å². The number of benzene rings is 2. The molecule has 0 radical (unpaired) electrons. The molecule has 0 spiro atoms. The molecule has 0 unspecified atom stereocenters. The number of nitrogens with zero attached hydrogens (tertiary/aromatic N) is 1. The lowest BCUT2D eigenvalue weighted by Gasteiger charge is -2.48. The number of hydrogen-bond donors (Lipinski definition) is 0. The Morgan fingerprint density at radius 1 is 1.04 bits per heavy atom. The molecule has 4 nitrogen and oxygen atoms in total. The molecule has 1 amide bonds. The number of ether oxygens (including phenoxy) is 2. The lowest BCUT2D eigenvalue weighted by molar-refractivity contribution is -0.164. The molecular formula is C18H17BrFNO3. The molecule has 6 heteroatoms. The first-order valence-corrected chi connectivity index (χ1v) is 8.22. The van der Waals surface area contributed by atoms with Gasteiger partial charge in [0.15, 0.2) is 0 Å². The van der Waals surface area contributed by atoms with Crippen LogP contribution < -0.4 is 9.47 Å². The molecule has 1 saturated heterocycles. The van der Waals surface area contributed by atoms with E-state index >= 15 is 0 Å². The molecular weight excluding hydrogens is 377 g/mol.